The minimum absolute atomic E-state index is 0.0567. The molecule has 0 aromatic carbocycles. The molecule has 0 aliphatic heterocycles. The molecular formula is C19H34N2O7. The van der Waals surface area contributed by atoms with Gasteiger partial charge in [-0.15, -0.1) is 0 Å². The van der Waals surface area contributed by atoms with Crippen LogP contribution in [0.15, 0.2) is 0 Å². The molecule has 162 valence electrons. The third-order valence-electron chi connectivity index (χ3n) is 4.09. The van der Waals surface area contributed by atoms with Crippen LogP contribution in [0, 0.1) is 0 Å². The number of hydrogen-bond acceptors (Lipinski definition) is 6. The molecule has 0 bridgehead atoms. The number of esters is 1. The topological polar surface area (TPSA) is 142 Å². The maximum atomic E-state index is 12.1. The minimum Gasteiger partial charge on any atom is -0.480 e. The van der Waals surface area contributed by atoms with Gasteiger partial charge in [-0.25, -0.2) is 4.79 Å². The number of carboxylic acid groups (broad SMARTS) is 1. The number of unbranched alkanes of at least 4 members (excludes halogenated alkanes) is 4. The first-order valence-corrected chi connectivity index (χ1v) is 9.93. The third kappa shape index (κ3) is 13.1. The average Bonchev–Trinajstić information content (AvgIpc) is 2.64. The first-order valence-electron chi connectivity index (χ1n) is 9.93. The van der Waals surface area contributed by atoms with Gasteiger partial charge in [-0.05, 0) is 19.3 Å². The molecular weight excluding hydrogens is 368 g/mol. The quantitative estimate of drug-likeness (QED) is 0.224. The van der Waals surface area contributed by atoms with Gasteiger partial charge in [-0.2, -0.15) is 0 Å². The van der Waals surface area contributed by atoms with Crippen LogP contribution < -0.4 is 10.6 Å². The van der Waals surface area contributed by atoms with Gasteiger partial charge < -0.3 is 25.6 Å². The van der Waals surface area contributed by atoms with E-state index >= 15 is 0 Å². The summed E-state index contributed by atoms with van der Waals surface area (Å²) < 4.78 is 5.42. The highest BCUT2D eigenvalue weighted by Crippen LogP contribution is 2.12. The van der Waals surface area contributed by atoms with Gasteiger partial charge >= 0.3 is 11.9 Å². The highest BCUT2D eigenvalue weighted by atomic mass is 16.5. The normalized spacial score (nSPS) is 12.7. The summed E-state index contributed by atoms with van der Waals surface area (Å²) in [4.78, 5) is 46.4. The fourth-order valence-electron chi connectivity index (χ4n) is 2.48. The van der Waals surface area contributed by atoms with E-state index in [1.807, 2.05) is 13.8 Å². The Kier molecular flexibility index (Phi) is 14.6. The smallest absolute Gasteiger partial charge is 0.328 e. The number of rotatable bonds is 16. The fourth-order valence-corrected chi connectivity index (χ4v) is 2.48. The van der Waals surface area contributed by atoms with Crippen LogP contribution in [0.25, 0.3) is 0 Å². The van der Waals surface area contributed by atoms with E-state index in [2.05, 4.69) is 10.6 Å². The number of aliphatic hydroxyl groups excluding tert-OH is 1. The Morgan fingerprint density at radius 3 is 2.18 bits per heavy atom. The van der Waals surface area contributed by atoms with Gasteiger partial charge in [0.25, 0.3) is 0 Å². The number of nitrogens with one attached hydrogen (secondary N) is 2. The van der Waals surface area contributed by atoms with Gasteiger partial charge in [-0.3, -0.25) is 14.4 Å². The summed E-state index contributed by atoms with van der Waals surface area (Å²) in [6.07, 6.45) is 5.76. The van der Waals surface area contributed by atoms with Gasteiger partial charge in [0.2, 0.25) is 11.8 Å². The number of aliphatic hydroxyl groups is 1. The molecule has 2 amide bonds. The standard InChI is InChI=1S/C19H34N2O7/c1-3-5-7-9-14(28-18(25)10-8-6-4-2)11-16(23)20-12-17(24)21-15(13-22)19(26)27/h14-15,22H,3-13H2,1-2H3,(H,20,23)(H,21,24)(H,26,27)/t14?,15-/m0/s1. The summed E-state index contributed by atoms with van der Waals surface area (Å²) in [6, 6.07) is -1.42. The first kappa shape index (κ1) is 25.8. The first-order chi connectivity index (χ1) is 13.3. The van der Waals surface area contributed by atoms with Crippen LogP contribution in [0.1, 0.15) is 71.6 Å². The van der Waals surface area contributed by atoms with Crippen molar-refractivity contribution in [2.75, 3.05) is 13.2 Å². The lowest BCUT2D eigenvalue weighted by Crippen LogP contribution is -2.47. The highest BCUT2D eigenvalue weighted by Gasteiger charge is 2.21. The van der Waals surface area contributed by atoms with E-state index < -0.39 is 43.1 Å². The number of ether oxygens (including phenoxy) is 1. The van der Waals surface area contributed by atoms with E-state index in [1.54, 1.807) is 0 Å². The lowest BCUT2D eigenvalue weighted by Gasteiger charge is -2.18. The molecule has 0 radical (unpaired) electrons. The van der Waals surface area contributed by atoms with Crippen LogP contribution in [0.5, 0.6) is 0 Å². The number of aliphatic carboxylic acids is 1. The number of amides is 2. The van der Waals surface area contributed by atoms with Crippen LogP contribution in [0.4, 0.5) is 0 Å². The van der Waals surface area contributed by atoms with Crippen molar-refractivity contribution in [3.8, 4) is 0 Å². The molecule has 0 spiro atoms. The third-order valence-corrected chi connectivity index (χ3v) is 4.09. The van der Waals surface area contributed by atoms with E-state index in [4.69, 9.17) is 14.9 Å². The number of carbonyl (C=O) groups is 4. The maximum absolute atomic E-state index is 12.1. The molecule has 9 nitrogen and oxygen atoms in total. The Bertz CT molecular complexity index is 497. The molecule has 2 atom stereocenters. The molecule has 0 rings (SSSR count). The molecule has 28 heavy (non-hydrogen) atoms. The average molecular weight is 402 g/mol. The van der Waals surface area contributed by atoms with Gasteiger partial charge in [0, 0.05) is 6.42 Å². The highest BCUT2D eigenvalue weighted by molar-refractivity contribution is 5.88. The Hall–Kier alpha value is -2.16. The summed E-state index contributed by atoms with van der Waals surface area (Å²) in [7, 11) is 0. The zero-order chi connectivity index (χ0) is 21.4. The van der Waals surface area contributed by atoms with Crippen molar-refractivity contribution in [3.05, 3.63) is 0 Å². The van der Waals surface area contributed by atoms with Crippen LogP contribution in [-0.4, -0.2) is 59.3 Å². The summed E-state index contributed by atoms with van der Waals surface area (Å²) in [5, 5.41) is 22.1. The fraction of sp³-hybridized carbons (Fsp3) is 0.789. The molecule has 0 aromatic rings. The van der Waals surface area contributed by atoms with Gasteiger partial charge in [0.05, 0.1) is 19.6 Å². The van der Waals surface area contributed by atoms with Gasteiger partial charge in [0.1, 0.15) is 12.1 Å². The Morgan fingerprint density at radius 1 is 0.964 bits per heavy atom. The van der Waals surface area contributed by atoms with Crippen molar-refractivity contribution in [1.82, 2.24) is 10.6 Å². The molecule has 0 aliphatic rings. The van der Waals surface area contributed by atoms with Gasteiger partial charge in [0.15, 0.2) is 0 Å². The van der Waals surface area contributed by atoms with Crippen molar-refractivity contribution < 1.29 is 34.1 Å². The summed E-state index contributed by atoms with van der Waals surface area (Å²) >= 11 is 0. The molecule has 0 saturated heterocycles. The monoisotopic (exact) mass is 402 g/mol. The van der Waals surface area contributed by atoms with Crippen LogP contribution in [0.3, 0.4) is 0 Å². The molecule has 0 heterocycles. The molecule has 1 unspecified atom stereocenters. The number of hydrogen-bond donors (Lipinski definition) is 4. The number of carboxylic acids is 1. The Morgan fingerprint density at radius 2 is 1.61 bits per heavy atom. The number of carbonyl (C=O) groups excluding carboxylic acids is 3. The molecule has 0 saturated carbocycles. The van der Waals surface area contributed by atoms with E-state index in [1.165, 1.54) is 0 Å². The van der Waals surface area contributed by atoms with Crippen molar-refractivity contribution in [3.63, 3.8) is 0 Å². The lowest BCUT2D eigenvalue weighted by atomic mass is 10.1. The van der Waals surface area contributed by atoms with Crippen molar-refractivity contribution >= 4 is 23.8 Å². The van der Waals surface area contributed by atoms with Crippen molar-refractivity contribution in [2.24, 2.45) is 0 Å². The van der Waals surface area contributed by atoms with E-state index in [9.17, 15) is 19.2 Å². The second-order valence-corrected chi connectivity index (χ2v) is 6.69. The minimum atomic E-state index is -1.42. The SMILES string of the molecule is CCCCCC(=O)OC(CCCCC)CC(=O)NCC(=O)N[C@@H](CO)C(=O)O. The largest absolute Gasteiger partial charge is 0.480 e. The molecule has 0 aromatic heterocycles. The summed E-state index contributed by atoms with van der Waals surface area (Å²) in [5.41, 5.74) is 0. The zero-order valence-electron chi connectivity index (χ0n) is 16.9. The predicted molar refractivity (Wildman–Crippen MR) is 102 cm³/mol. The van der Waals surface area contributed by atoms with E-state index in [0.717, 1.165) is 38.5 Å². The Balaban J connectivity index is 4.45. The van der Waals surface area contributed by atoms with Crippen molar-refractivity contribution in [2.45, 2.75) is 83.8 Å². The Labute approximate surface area is 166 Å². The summed E-state index contributed by atoms with van der Waals surface area (Å²) in [6.45, 7) is 2.92. The molecule has 0 fully saturated rings. The lowest BCUT2D eigenvalue weighted by molar-refractivity contribution is -0.151. The van der Waals surface area contributed by atoms with Crippen LogP contribution >= 0.6 is 0 Å². The van der Waals surface area contributed by atoms with Crippen molar-refractivity contribution in [1.29, 1.82) is 0 Å². The molecule has 9 heteroatoms. The molecule has 4 N–H and O–H groups in total. The molecule has 0 aliphatic carbocycles. The van der Waals surface area contributed by atoms with Gasteiger partial charge in [-0.1, -0.05) is 39.5 Å². The zero-order valence-corrected chi connectivity index (χ0v) is 16.9. The van der Waals surface area contributed by atoms with Crippen LogP contribution in [0.2, 0.25) is 0 Å². The van der Waals surface area contributed by atoms with E-state index in [-0.39, 0.29) is 12.4 Å². The van der Waals surface area contributed by atoms with Crippen LogP contribution in [-0.2, 0) is 23.9 Å². The second-order valence-electron chi connectivity index (χ2n) is 6.69. The maximum Gasteiger partial charge on any atom is 0.328 e. The predicted octanol–water partition coefficient (Wildman–Crippen LogP) is 1.13. The second kappa shape index (κ2) is 15.9. The van der Waals surface area contributed by atoms with E-state index in [0.29, 0.717) is 12.8 Å². The summed E-state index contributed by atoms with van der Waals surface area (Å²) in [5.74, 6) is -2.89.